The predicted molar refractivity (Wildman–Crippen MR) is 125 cm³/mol. The van der Waals surface area contributed by atoms with E-state index >= 15 is 0 Å². The van der Waals surface area contributed by atoms with Crippen molar-refractivity contribution in [3.05, 3.63) is 115 Å². The van der Waals surface area contributed by atoms with Crippen LogP contribution in [0.25, 0.3) is 0 Å². The molecule has 0 atom stereocenters. The van der Waals surface area contributed by atoms with Gasteiger partial charge >= 0.3 is 169 Å². The number of rotatable bonds is 4. The molecule has 0 radical (unpaired) electrons. The summed E-state index contributed by atoms with van der Waals surface area (Å²) in [4.78, 5) is 0. The van der Waals surface area contributed by atoms with Crippen molar-refractivity contribution in [2.24, 2.45) is 0 Å². The molecule has 4 rings (SSSR count). The Balaban J connectivity index is 2.22. The standard InChI is InChI=1S/C24H21BrNP/c25-27(21-10-4-1-5-11-21,22-12-6-2-7-13-22,23-14-8-3-9-15-23)24-18-16-20(26)17-19-24/h1-19H,26H2. The SMILES string of the molecule is Nc1ccc(P(Br)(c2ccccc2)(c2ccccc2)c2ccccc2)cc1. The van der Waals surface area contributed by atoms with Crippen LogP contribution < -0.4 is 27.0 Å². The Morgan fingerprint density at radius 3 is 1.07 bits per heavy atom. The van der Waals surface area contributed by atoms with Crippen LogP contribution in [0.15, 0.2) is 115 Å². The van der Waals surface area contributed by atoms with Crippen molar-refractivity contribution in [2.45, 2.75) is 0 Å². The van der Waals surface area contributed by atoms with Crippen molar-refractivity contribution >= 4 is 47.7 Å². The molecule has 0 saturated carbocycles. The van der Waals surface area contributed by atoms with Crippen LogP contribution in [0.2, 0.25) is 0 Å². The third-order valence-corrected chi connectivity index (χ3v) is 15.1. The van der Waals surface area contributed by atoms with Crippen molar-refractivity contribution in [3.63, 3.8) is 0 Å². The van der Waals surface area contributed by atoms with Crippen molar-refractivity contribution in [1.82, 2.24) is 0 Å². The second kappa shape index (κ2) is 6.96. The maximum atomic E-state index is 6.03. The van der Waals surface area contributed by atoms with E-state index in [-0.39, 0.29) is 0 Å². The van der Waals surface area contributed by atoms with Crippen LogP contribution in [0.4, 0.5) is 5.69 Å². The van der Waals surface area contributed by atoms with Gasteiger partial charge in [0.1, 0.15) is 0 Å². The first-order valence-corrected chi connectivity index (χ1v) is 13.2. The summed E-state index contributed by atoms with van der Waals surface area (Å²) in [6, 6.07) is 40.5. The zero-order valence-corrected chi connectivity index (χ0v) is 17.4. The number of nitrogens with two attached hydrogens (primary N) is 1. The van der Waals surface area contributed by atoms with Crippen molar-refractivity contribution < 1.29 is 0 Å². The fourth-order valence-electron chi connectivity index (χ4n) is 3.77. The molecule has 0 saturated heterocycles. The molecule has 0 spiro atoms. The topological polar surface area (TPSA) is 26.0 Å². The number of hydrogen-bond acceptors (Lipinski definition) is 1. The average Bonchev–Trinajstić information content (AvgIpc) is 2.76. The molecule has 4 aromatic rings. The Labute approximate surface area is 168 Å². The van der Waals surface area contributed by atoms with Gasteiger partial charge in [0.25, 0.3) is 0 Å². The summed E-state index contributed by atoms with van der Waals surface area (Å²) in [5, 5.41) is 1.96. The van der Waals surface area contributed by atoms with E-state index in [1.807, 2.05) is 12.1 Å². The summed E-state index contributed by atoms with van der Waals surface area (Å²) < 4.78 is 0. The van der Waals surface area contributed by atoms with Crippen molar-refractivity contribution in [3.8, 4) is 0 Å². The molecule has 3 heteroatoms. The third-order valence-electron chi connectivity index (χ3n) is 5.10. The van der Waals surface area contributed by atoms with Crippen molar-refractivity contribution in [2.75, 3.05) is 5.73 Å². The van der Waals surface area contributed by atoms with Gasteiger partial charge in [-0.1, -0.05) is 0 Å². The van der Waals surface area contributed by atoms with Crippen molar-refractivity contribution in [1.29, 1.82) is 0 Å². The Bertz CT molecular complexity index is 933. The quantitative estimate of drug-likeness (QED) is 0.365. The van der Waals surface area contributed by atoms with Crippen LogP contribution in [-0.4, -0.2) is 0 Å². The number of benzene rings is 4. The third kappa shape index (κ3) is 2.72. The van der Waals surface area contributed by atoms with Gasteiger partial charge in [0, 0.05) is 0 Å². The van der Waals surface area contributed by atoms with Gasteiger partial charge in [-0.3, -0.25) is 0 Å². The zero-order valence-electron chi connectivity index (χ0n) is 14.9. The van der Waals surface area contributed by atoms with Gasteiger partial charge < -0.3 is 0 Å². The Kier molecular flexibility index (Phi) is 4.63. The normalized spacial score (nSPS) is 12.9. The molecule has 0 aliphatic carbocycles. The van der Waals surface area contributed by atoms with Gasteiger partial charge in [0.2, 0.25) is 0 Å². The predicted octanol–water partition coefficient (Wildman–Crippen LogP) is 4.73. The van der Waals surface area contributed by atoms with Crippen LogP contribution in [0.3, 0.4) is 0 Å². The molecule has 0 unspecified atom stereocenters. The molecule has 0 heterocycles. The Morgan fingerprint density at radius 2 is 0.741 bits per heavy atom. The van der Waals surface area contributed by atoms with Gasteiger partial charge in [0.15, 0.2) is 0 Å². The first-order valence-electron chi connectivity index (χ1n) is 8.91. The molecule has 0 aromatic heterocycles. The molecule has 0 aliphatic rings. The fourth-order valence-corrected chi connectivity index (χ4v) is 11.3. The van der Waals surface area contributed by atoms with Gasteiger partial charge in [-0.2, -0.15) is 0 Å². The fraction of sp³-hybridized carbons (Fsp3) is 0. The molecule has 1 nitrogen and oxygen atoms in total. The summed E-state index contributed by atoms with van der Waals surface area (Å²) in [5.41, 5.74) is 6.80. The summed E-state index contributed by atoms with van der Waals surface area (Å²) in [7, 11) is 0. The van der Waals surface area contributed by atoms with Crippen LogP contribution in [0, 0.1) is 0 Å². The minimum absolute atomic E-state index is 0.769. The van der Waals surface area contributed by atoms with Crippen LogP contribution in [-0.2, 0) is 0 Å². The van der Waals surface area contributed by atoms with Gasteiger partial charge in [0.05, 0.1) is 0 Å². The summed E-state index contributed by atoms with van der Waals surface area (Å²) in [6.07, 6.45) is 0. The average molecular weight is 434 g/mol. The molecular weight excluding hydrogens is 413 g/mol. The maximum absolute atomic E-state index is 6.03. The molecular formula is C24H21BrNP. The summed E-state index contributed by atoms with van der Waals surface area (Å²) in [5.74, 6) is 0. The summed E-state index contributed by atoms with van der Waals surface area (Å²) >= 11 is 4.44. The molecule has 4 aromatic carbocycles. The first kappa shape index (κ1) is 18.0. The van der Waals surface area contributed by atoms with E-state index in [0.717, 1.165) is 5.69 Å². The van der Waals surface area contributed by atoms with Gasteiger partial charge in [-0.25, -0.2) is 0 Å². The number of nitrogen functional groups attached to an aromatic ring is 1. The molecule has 0 bridgehead atoms. The van der Waals surface area contributed by atoms with E-state index in [9.17, 15) is 0 Å². The molecule has 2 N–H and O–H groups in total. The minimum atomic E-state index is -3.08. The van der Waals surface area contributed by atoms with Gasteiger partial charge in [-0.15, -0.1) is 0 Å². The number of halogens is 1. The number of hydrogen-bond donors (Lipinski definition) is 1. The van der Waals surface area contributed by atoms with Gasteiger partial charge in [-0.05, 0) is 0 Å². The van der Waals surface area contributed by atoms with E-state index < -0.39 is 5.31 Å². The van der Waals surface area contributed by atoms with E-state index in [0.29, 0.717) is 0 Å². The molecule has 0 amide bonds. The molecule has 0 fully saturated rings. The number of anilines is 1. The molecule has 27 heavy (non-hydrogen) atoms. The van der Waals surface area contributed by atoms with E-state index in [4.69, 9.17) is 5.73 Å². The van der Waals surface area contributed by atoms with Crippen LogP contribution >= 0.6 is 20.8 Å². The second-order valence-electron chi connectivity index (χ2n) is 6.61. The van der Waals surface area contributed by atoms with Crippen LogP contribution in [0.1, 0.15) is 0 Å². The summed E-state index contributed by atoms with van der Waals surface area (Å²) in [6.45, 7) is 0. The molecule has 0 aliphatic heterocycles. The van der Waals surface area contributed by atoms with E-state index in [1.54, 1.807) is 0 Å². The first-order chi connectivity index (χ1) is 13.1. The zero-order chi connectivity index (χ0) is 18.8. The Hall–Kier alpha value is -2.41. The van der Waals surface area contributed by atoms with Crippen LogP contribution in [0.5, 0.6) is 0 Å². The van der Waals surface area contributed by atoms with E-state index in [1.165, 1.54) is 21.2 Å². The van der Waals surface area contributed by atoms with E-state index in [2.05, 4.69) is 119 Å². The molecule has 134 valence electrons. The second-order valence-corrected chi connectivity index (χ2v) is 14.9. The monoisotopic (exact) mass is 433 g/mol. The Morgan fingerprint density at radius 1 is 0.444 bits per heavy atom.